The molecule has 0 aliphatic heterocycles. The third-order valence-corrected chi connectivity index (χ3v) is 1.82. The number of furan rings is 2. The minimum atomic E-state index is -0.481. The first-order valence-corrected chi connectivity index (χ1v) is 4.87. The SMILES string of the molecule is CC(=O)c1ccco1.C[C@H](O)c1ccco1. The van der Waals surface area contributed by atoms with Crippen molar-refractivity contribution in [2.75, 3.05) is 0 Å². The van der Waals surface area contributed by atoms with Gasteiger partial charge in [0.25, 0.3) is 0 Å². The highest BCUT2D eigenvalue weighted by molar-refractivity contribution is 5.91. The highest BCUT2D eigenvalue weighted by Gasteiger charge is 1.99. The number of carbonyl (C=O) groups is 1. The maximum absolute atomic E-state index is 10.4. The number of hydrogen-bond donors (Lipinski definition) is 1. The second kappa shape index (κ2) is 5.92. The van der Waals surface area contributed by atoms with E-state index in [1.54, 1.807) is 37.5 Å². The second-order valence-corrected chi connectivity index (χ2v) is 3.22. The minimum absolute atomic E-state index is 0.0324. The number of ketones is 1. The fourth-order valence-corrected chi connectivity index (χ4v) is 1.01. The van der Waals surface area contributed by atoms with Gasteiger partial charge in [0.2, 0.25) is 0 Å². The zero-order valence-electron chi connectivity index (χ0n) is 9.21. The molecular formula is C12H14O4. The van der Waals surface area contributed by atoms with E-state index >= 15 is 0 Å². The summed E-state index contributed by atoms with van der Waals surface area (Å²) >= 11 is 0. The van der Waals surface area contributed by atoms with Gasteiger partial charge in [-0.1, -0.05) is 0 Å². The largest absolute Gasteiger partial charge is 0.467 e. The zero-order chi connectivity index (χ0) is 12.0. The first-order valence-electron chi connectivity index (χ1n) is 4.87. The van der Waals surface area contributed by atoms with Crippen LogP contribution in [0.25, 0.3) is 0 Å². The van der Waals surface area contributed by atoms with Crippen LogP contribution in [0.5, 0.6) is 0 Å². The van der Waals surface area contributed by atoms with E-state index in [4.69, 9.17) is 13.9 Å². The average molecular weight is 222 g/mol. The molecule has 0 fully saturated rings. The third kappa shape index (κ3) is 3.74. The molecule has 4 heteroatoms. The van der Waals surface area contributed by atoms with Crippen LogP contribution in [0.3, 0.4) is 0 Å². The van der Waals surface area contributed by atoms with Crippen molar-refractivity contribution in [3.05, 3.63) is 48.3 Å². The van der Waals surface area contributed by atoms with Gasteiger partial charge in [-0.3, -0.25) is 4.79 Å². The van der Waals surface area contributed by atoms with Gasteiger partial charge in [0.15, 0.2) is 11.5 Å². The maximum Gasteiger partial charge on any atom is 0.194 e. The van der Waals surface area contributed by atoms with Crippen LogP contribution >= 0.6 is 0 Å². The van der Waals surface area contributed by atoms with Crippen LogP contribution < -0.4 is 0 Å². The fourth-order valence-electron chi connectivity index (χ4n) is 1.01. The van der Waals surface area contributed by atoms with Gasteiger partial charge in [0, 0.05) is 6.92 Å². The molecule has 0 aliphatic rings. The van der Waals surface area contributed by atoms with Gasteiger partial charge in [-0.25, -0.2) is 0 Å². The van der Waals surface area contributed by atoms with Gasteiger partial charge < -0.3 is 13.9 Å². The number of aliphatic hydroxyl groups excluding tert-OH is 1. The predicted octanol–water partition coefficient (Wildman–Crippen LogP) is 2.82. The van der Waals surface area contributed by atoms with E-state index in [0.29, 0.717) is 11.5 Å². The van der Waals surface area contributed by atoms with Crippen LogP contribution in [0.15, 0.2) is 45.6 Å². The van der Waals surface area contributed by atoms with E-state index in [0.717, 1.165) is 0 Å². The summed E-state index contributed by atoms with van der Waals surface area (Å²) in [5.74, 6) is 1.00. The summed E-state index contributed by atoms with van der Waals surface area (Å²) in [6.07, 6.45) is 2.55. The van der Waals surface area contributed by atoms with E-state index in [2.05, 4.69) is 0 Å². The van der Waals surface area contributed by atoms with Crippen molar-refractivity contribution in [2.24, 2.45) is 0 Å². The normalized spacial score (nSPS) is 11.4. The van der Waals surface area contributed by atoms with Crippen LogP contribution in [0, 0.1) is 0 Å². The molecule has 0 spiro atoms. The Hall–Kier alpha value is -1.81. The van der Waals surface area contributed by atoms with E-state index in [-0.39, 0.29) is 5.78 Å². The Bertz CT molecular complexity index is 398. The monoisotopic (exact) mass is 222 g/mol. The molecule has 0 aliphatic carbocycles. The van der Waals surface area contributed by atoms with Crippen molar-refractivity contribution in [3.63, 3.8) is 0 Å². The van der Waals surface area contributed by atoms with Gasteiger partial charge in [0.05, 0.1) is 12.5 Å². The average Bonchev–Trinajstić information content (AvgIpc) is 2.93. The number of rotatable bonds is 2. The van der Waals surface area contributed by atoms with Crippen molar-refractivity contribution < 1.29 is 18.7 Å². The lowest BCUT2D eigenvalue weighted by molar-refractivity contribution is 0.0987. The first-order chi connectivity index (χ1) is 7.61. The van der Waals surface area contributed by atoms with Crippen LogP contribution in [0.4, 0.5) is 0 Å². The summed E-state index contributed by atoms with van der Waals surface area (Å²) in [4.78, 5) is 10.4. The molecule has 1 N–H and O–H groups in total. The molecule has 86 valence electrons. The van der Waals surface area contributed by atoms with Crippen molar-refractivity contribution in [1.82, 2.24) is 0 Å². The quantitative estimate of drug-likeness (QED) is 0.793. The molecule has 1 atom stereocenters. The molecule has 0 saturated carbocycles. The Labute approximate surface area is 93.5 Å². The van der Waals surface area contributed by atoms with Crippen molar-refractivity contribution in [3.8, 4) is 0 Å². The summed E-state index contributed by atoms with van der Waals surface area (Å²) in [6, 6.07) is 6.83. The van der Waals surface area contributed by atoms with Crippen molar-refractivity contribution >= 4 is 5.78 Å². The summed E-state index contributed by atoms with van der Waals surface area (Å²) in [6.45, 7) is 3.14. The molecule has 2 aromatic heterocycles. The number of aliphatic hydroxyl groups is 1. The molecule has 2 aromatic rings. The molecule has 2 heterocycles. The van der Waals surface area contributed by atoms with Crippen LogP contribution in [0.1, 0.15) is 36.3 Å². The summed E-state index contributed by atoms with van der Waals surface area (Å²) in [5.41, 5.74) is 0. The van der Waals surface area contributed by atoms with Crippen molar-refractivity contribution in [1.29, 1.82) is 0 Å². The molecule has 16 heavy (non-hydrogen) atoms. The van der Waals surface area contributed by atoms with E-state index in [1.165, 1.54) is 13.2 Å². The summed E-state index contributed by atoms with van der Waals surface area (Å²) < 4.78 is 9.59. The Morgan fingerprint density at radius 2 is 1.88 bits per heavy atom. The van der Waals surface area contributed by atoms with Gasteiger partial charge in [0.1, 0.15) is 11.9 Å². The molecule has 0 bridgehead atoms. The third-order valence-electron chi connectivity index (χ3n) is 1.82. The Balaban J connectivity index is 0.000000160. The molecule has 0 aromatic carbocycles. The lowest BCUT2D eigenvalue weighted by atomic mass is 10.3. The molecule has 4 nitrogen and oxygen atoms in total. The smallest absolute Gasteiger partial charge is 0.194 e. The zero-order valence-corrected chi connectivity index (χ0v) is 9.21. The minimum Gasteiger partial charge on any atom is -0.467 e. The highest BCUT2D eigenvalue weighted by Crippen LogP contribution is 2.10. The molecule has 0 unspecified atom stereocenters. The van der Waals surface area contributed by atoms with Gasteiger partial charge >= 0.3 is 0 Å². The summed E-state index contributed by atoms with van der Waals surface area (Å²) in [5, 5.41) is 8.82. The fraction of sp³-hybridized carbons (Fsp3) is 0.250. The first kappa shape index (κ1) is 12.3. The predicted molar refractivity (Wildman–Crippen MR) is 58.1 cm³/mol. The summed E-state index contributed by atoms with van der Waals surface area (Å²) in [7, 11) is 0. The lowest BCUT2D eigenvalue weighted by Gasteiger charge is -1.94. The van der Waals surface area contributed by atoms with Crippen molar-refractivity contribution in [2.45, 2.75) is 20.0 Å². The second-order valence-electron chi connectivity index (χ2n) is 3.22. The molecular weight excluding hydrogens is 208 g/mol. The Morgan fingerprint density at radius 1 is 1.25 bits per heavy atom. The van der Waals surface area contributed by atoms with Crippen LogP contribution in [-0.2, 0) is 0 Å². The topological polar surface area (TPSA) is 63.6 Å². The standard InChI is InChI=1S/C6H8O2.C6H6O2/c2*1-5(7)6-3-2-4-8-6/h2-5,7H,1H3;2-4H,1H3/t5-;/m0./s1. The Kier molecular flexibility index (Phi) is 4.54. The lowest BCUT2D eigenvalue weighted by Crippen LogP contribution is -1.85. The molecule has 0 amide bonds. The van der Waals surface area contributed by atoms with E-state index in [9.17, 15) is 4.79 Å². The number of hydrogen-bond acceptors (Lipinski definition) is 4. The van der Waals surface area contributed by atoms with Gasteiger partial charge in [-0.05, 0) is 31.2 Å². The molecule has 0 saturated heterocycles. The molecule has 2 rings (SSSR count). The number of carbonyl (C=O) groups excluding carboxylic acids is 1. The molecule has 0 radical (unpaired) electrons. The van der Waals surface area contributed by atoms with Gasteiger partial charge in [-0.2, -0.15) is 0 Å². The number of Topliss-reactive ketones (excluding diaryl/α,β-unsaturated/α-hetero) is 1. The van der Waals surface area contributed by atoms with Gasteiger partial charge in [-0.15, -0.1) is 0 Å². The van der Waals surface area contributed by atoms with Crippen LogP contribution in [0.2, 0.25) is 0 Å². The maximum atomic E-state index is 10.4. The van der Waals surface area contributed by atoms with Crippen LogP contribution in [-0.4, -0.2) is 10.9 Å². The highest BCUT2D eigenvalue weighted by atomic mass is 16.4. The Morgan fingerprint density at radius 3 is 2.12 bits per heavy atom. The van der Waals surface area contributed by atoms with E-state index < -0.39 is 6.10 Å². The van der Waals surface area contributed by atoms with E-state index in [1.807, 2.05) is 0 Å².